The molecule has 1 N–H and O–H groups in total. The van der Waals surface area contributed by atoms with Gasteiger partial charge >= 0.3 is 6.61 Å². The van der Waals surface area contributed by atoms with Gasteiger partial charge in [-0.15, -0.1) is 0 Å². The average molecular weight is 382 g/mol. The second kappa shape index (κ2) is 10.0. The van der Waals surface area contributed by atoms with Crippen LogP contribution in [0.5, 0.6) is 17.2 Å². The zero-order chi connectivity index (χ0) is 19.6. The number of alkyl halides is 2. The van der Waals surface area contributed by atoms with Crippen LogP contribution >= 0.6 is 0 Å². The van der Waals surface area contributed by atoms with E-state index in [1.54, 1.807) is 19.1 Å². The summed E-state index contributed by atoms with van der Waals surface area (Å²) in [7, 11) is 0. The van der Waals surface area contributed by atoms with E-state index in [0.29, 0.717) is 0 Å². The van der Waals surface area contributed by atoms with Crippen LogP contribution in [0.2, 0.25) is 0 Å². The number of hydrogen-bond acceptors (Lipinski definition) is 5. The fourth-order valence-corrected chi connectivity index (χ4v) is 2.03. The molecule has 2 aromatic carbocycles. The van der Waals surface area contributed by atoms with Gasteiger partial charge in [-0.3, -0.25) is 4.79 Å². The normalized spacial score (nSPS) is 10.9. The van der Waals surface area contributed by atoms with Gasteiger partial charge < -0.3 is 14.2 Å². The number of carbonyl (C=O) groups excluding carboxylic acids is 1. The highest BCUT2D eigenvalue weighted by Crippen LogP contribution is 2.31. The van der Waals surface area contributed by atoms with E-state index < -0.39 is 24.9 Å². The number of benzene rings is 2. The maximum absolute atomic E-state index is 13.4. The Balaban J connectivity index is 1.99. The lowest BCUT2D eigenvalue weighted by atomic mass is 10.2. The van der Waals surface area contributed by atoms with Crippen molar-refractivity contribution in [3.8, 4) is 17.2 Å². The number of nitrogens with zero attached hydrogens (tertiary/aromatic N) is 1. The summed E-state index contributed by atoms with van der Waals surface area (Å²) in [5.41, 5.74) is 2.33. The third-order valence-electron chi connectivity index (χ3n) is 3.10. The van der Waals surface area contributed by atoms with Gasteiger partial charge in [0.05, 0.1) is 12.8 Å². The Morgan fingerprint density at radius 3 is 2.59 bits per heavy atom. The molecule has 27 heavy (non-hydrogen) atoms. The summed E-state index contributed by atoms with van der Waals surface area (Å²) in [6.45, 7) is -1.58. The predicted octanol–water partition coefficient (Wildman–Crippen LogP) is 3.35. The number of ether oxygens (including phenoxy) is 3. The molecule has 0 aliphatic rings. The second-order valence-corrected chi connectivity index (χ2v) is 5.00. The lowest BCUT2D eigenvalue weighted by Gasteiger charge is -2.13. The van der Waals surface area contributed by atoms with Crippen LogP contribution < -0.4 is 19.6 Å². The summed E-state index contributed by atoms with van der Waals surface area (Å²) in [5, 5.41) is 3.67. The van der Waals surface area contributed by atoms with E-state index in [-0.39, 0.29) is 29.4 Å². The number of rotatable bonds is 9. The molecular weight excluding hydrogens is 365 g/mol. The van der Waals surface area contributed by atoms with Crippen molar-refractivity contribution in [2.24, 2.45) is 5.10 Å². The molecule has 0 saturated carbocycles. The van der Waals surface area contributed by atoms with Gasteiger partial charge in [-0.2, -0.15) is 13.9 Å². The van der Waals surface area contributed by atoms with E-state index in [2.05, 4.69) is 15.3 Å². The van der Waals surface area contributed by atoms with Crippen molar-refractivity contribution in [2.75, 3.05) is 13.2 Å². The van der Waals surface area contributed by atoms with Crippen LogP contribution in [0.15, 0.2) is 47.6 Å². The lowest BCUT2D eigenvalue weighted by molar-refractivity contribution is -0.123. The molecule has 0 aromatic heterocycles. The molecule has 0 spiro atoms. The second-order valence-electron chi connectivity index (χ2n) is 5.00. The molecular formula is C18H17F3N2O4. The number of nitrogens with one attached hydrogen (secondary N) is 1. The Kier molecular flexibility index (Phi) is 7.48. The zero-order valence-corrected chi connectivity index (χ0v) is 14.3. The Bertz CT molecular complexity index is 800. The van der Waals surface area contributed by atoms with Gasteiger partial charge in [-0.25, -0.2) is 9.82 Å². The molecule has 9 heteroatoms. The van der Waals surface area contributed by atoms with E-state index in [1.807, 2.05) is 0 Å². The molecule has 2 rings (SSSR count). The molecule has 0 aliphatic heterocycles. The number of hydrazone groups is 1. The van der Waals surface area contributed by atoms with E-state index in [9.17, 15) is 18.0 Å². The van der Waals surface area contributed by atoms with E-state index >= 15 is 0 Å². The fraction of sp³-hybridized carbons (Fsp3) is 0.222. The minimum atomic E-state index is -3.05. The third-order valence-corrected chi connectivity index (χ3v) is 3.10. The standard InChI is InChI=1S/C18H17F3N2O4/c1-2-25-15-9-5-6-12(17(15)27-18(20)21)10-22-23-16(24)11-26-14-8-4-3-7-13(14)19/h3-10,18H,2,11H2,1H3,(H,23,24)/b22-10-. The topological polar surface area (TPSA) is 69.2 Å². The highest BCUT2D eigenvalue weighted by atomic mass is 19.3. The van der Waals surface area contributed by atoms with Crippen molar-refractivity contribution in [3.05, 3.63) is 53.8 Å². The maximum Gasteiger partial charge on any atom is 0.387 e. The maximum atomic E-state index is 13.4. The number of carbonyl (C=O) groups is 1. The van der Waals surface area contributed by atoms with Crippen LogP contribution in [-0.4, -0.2) is 31.9 Å². The molecule has 0 atom stereocenters. The summed E-state index contributed by atoms with van der Waals surface area (Å²) in [5.74, 6) is -1.42. The summed E-state index contributed by atoms with van der Waals surface area (Å²) in [6.07, 6.45) is 1.13. The van der Waals surface area contributed by atoms with Crippen molar-refractivity contribution in [1.82, 2.24) is 5.43 Å². The van der Waals surface area contributed by atoms with Crippen molar-refractivity contribution >= 4 is 12.1 Å². The predicted molar refractivity (Wildman–Crippen MR) is 91.9 cm³/mol. The van der Waals surface area contributed by atoms with Crippen LogP contribution in [0, 0.1) is 5.82 Å². The molecule has 0 unspecified atom stereocenters. The molecule has 0 aliphatic carbocycles. The van der Waals surface area contributed by atoms with Crippen molar-refractivity contribution < 1.29 is 32.2 Å². The first-order chi connectivity index (χ1) is 13.0. The Morgan fingerprint density at radius 1 is 1.15 bits per heavy atom. The first-order valence-corrected chi connectivity index (χ1v) is 7.91. The van der Waals surface area contributed by atoms with E-state index in [1.165, 1.54) is 30.3 Å². The third kappa shape index (κ3) is 6.21. The van der Waals surface area contributed by atoms with Gasteiger partial charge in [0, 0.05) is 5.56 Å². The monoisotopic (exact) mass is 382 g/mol. The Labute approximate surface area is 153 Å². The quantitative estimate of drug-likeness (QED) is 0.533. The molecule has 2 aromatic rings. The van der Waals surface area contributed by atoms with E-state index in [4.69, 9.17) is 9.47 Å². The van der Waals surface area contributed by atoms with Crippen LogP contribution in [0.4, 0.5) is 13.2 Å². The summed E-state index contributed by atoms with van der Waals surface area (Å²) >= 11 is 0. The number of hydrogen-bond donors (Lipinski definition) is 1. The number of amides is 1. The molecule has 0 radical (unpaired) electrons. The largest absolute Gasteiger partial charge is 0.490 e. The molecule has 0 fully saturated rings. The van der Waals surface area contributed by atoms with Gasteiger partial charge in [0.2, 0.25) is 0 Å². The highest BCUT2D eigenvalue weighted by molar-refractivity contribution is 5.86. The van der Waals surface area contributed by atoms with Gasteiger partial charge in [0.15, 0.2) is 29.7 Å². The van der Waals surface area contributed by atoms with Gasteiger partial charge in [0.1, 0.15) is 0 Å². The first-order valence-electron chi connectivity index (χ1n) is 7.91. The molecule has 6 nitrogen and oxygen atoms in total. The van der Waals surface area contributed by atoms with Crippen LogP contribution in [0.1, 0.15) is 12.5 Å². The van der Waals surface area contributed by atoms with Crippen LogP contribution in [0.25, 0.3) is 0 Å². The number of para-hydroxylation sites is 2. The van der Waals surface area contributed by atoms with Crippen LogP contribution in [-0.2, 0) is 4.79 Å². The Hall–Kier alpha value is -3.23. The number of halogens is 3. The molecule has 0 bridgehead atoms. The minimum absolute atomic E-state index is 0.0753. The average Bonchev–Trinajstić information content (AvgIpc) is 2.63. The van der Waals surface area contributed by atoms with E-state index in [0.717, 1.165) is 6.21 Å². The van der Waals surface area contributed by atoms with Crippen molar-refractivity contribution in [3.63, 3.8) is 0 Å². The summed E-state index contributed by atoms with van der Waals surface area (Å²) in [4.78, 5) is 11.7. The SMILES string of the molecule is CCOc1cccc(/C=N\NC(=O)COc2ccccc2F)c1OC(F)F. The van der Waals surface area contributed by atoms with Crippen molar-refractivity contribution in [2.45, 2.75) is 13.5 Å². The molecule has 0 heterocycles. The Morgan fingerprint density at radius 2 is 1.89 bits per heavy atom. The van der Waals surface area contributed by atoms with Crippen LogP contribution in [0.3, 0.4) is 0 Å². The molecule has 144 valence electrons. The molecule has 1 amide bonds. The van der Waals surface area contributed by atoms with Crippen molar-refractivity contribution in [1.29, 1.82) is 0 Å². The smallest absolute Gasteiger partial charge is 0.387 e. The van der Waals surface area contributed by atoms with Gasteiger partial charge in [0.25, 0.3) is 5.91 Å². The van der Waals surface area contributed by atoms with Gasteiger partial charge in [-0.1, -0.05) is 18.2 Å². The fourth-order valence-electron chi connectivity index (χ4n) is 2.03. The minimum Gasteiger partial charge on any atom is -0.490 e. The summed E-state index contributed by atoms with van der Waals surface area (Å²) < 4.78 is 53.4. The summed E-state index contributed by atoms with van der Waals surface area (Å²) in [6, 6.07) is 10.1. The lowest BCUT2D eigenvalue weighted by Crippen LogP contribution is -2.24. The van der Waals surface area contributed by atoms with Gasteiger partial charge in [-0.05, 0) is 31.2 Å². The molecule has 0 saturated heterocycles. The first kappa shape index (κ1) is 20.1. The zero-order valence-electron chi connectivity index (χ0n) is 14.3. The highest BCUT2D eigenvalue weighted by Gasteiger charge is 2.14.